The maximum Gasteiger partial charge on any atom is 0.236 e. The number of piperidine rings is 1. The van der Waals surface area contributed by atoms with Crippen LogP contribution in [0.2, 0.25) is 0 Å². The summed E-state index contributed by atoms with van der Waals surface area (Å²) < 4.78 is 0. The molecule has 0 saturated carbocycles. The summed E-state index contributed by atoms with van der Waals surface area (Å²) in [4.78, 5) is 13.5. The van der Waals surface area contributed by atoms with Gasteiger partial charge in [-0.15, -0.1) is 0 Å². The summed E-state index contributed by atoms with van der Waals surface area (Å²) in [7, 11) is 2.14. The van der Waals surface area contributed by atoms with Crippen LogP contribution in [0, 0.1) is 5.92 Å². The topological polar surface area (TPSA) is 58.4 Å². The van der Waals surface area contributed by atoms with Gasteiger partial charge >= 0.3 is 0 Å². The molecule has 14 heavy (non-hydrogen) atoms. The quantitative estimate of drug-likeness (QED) is 0.661. The molecule has 1 saturated heterocycles. The molecule has 0 aliphatic carbocycles. The highest BCUT2D eigenvalue weighted by Gasteiger charge is 2.17. The van der Waals surface area contributed by atoms with Crippen molar-refractivity contribution < 1.29 is 4.79 Å². The lowest BCUT2D eigenvalue weighted by atomic mass is 9.97. The summed E-state index contributed by atoms with van der Waals surface area (Å²) in [6.07, 6.45) is 2.35. The third-order valence-corrected chi connectivity index (χ3v) is 2.82. The summed E-state index contributed by atoms with van der Waals surface area (Å²) >= 11 is 0. The van der Waals surface area contributed by atoms with Gasteiger partial charge in [-0.3, -0.25) is 4.79 Å². The Balaban J connectivity index is 2.16. The van der Waals surface area contributed by atoms with Crippen LogP contribution in [0.3, 0.4) is 0 Å². The molecule has 0 spiro atoms. The van der Waals surface area contributed by atoms with Gasteiger partial charge in [-0.2, -0.15) is 0 Å². The van der Waals surface area contributed by atoms with Crippen molar-refractivity contribution >= 4 is 5.91 Å². The number of hydrogen-bond acceptors (Lipinski definition) is 3. The number of likely N-dealkylation sites (tertiary alicyclic amines) is 1. The first-order valence-electron chi connectivity index (χ1n) is 5.31. The highest BCUT2D eigenvalue weighted by atomic mass is 16.2. The Hall–Kier alpha value is -0.610. The van der Waals surface area contributed by atoms with Gasteiger partial charge in [0.2, 0.25) is 5.91 Å². The zero-order valence-electron chi connectivity index (χ0n) is 9.12. The van der Waals surface area contributed by atoms with Crippen molar-refractivity contribution in [1.82, 2.24) is 10.2 Å². The zero-order chi connectivity index (χ0) is 10.6. The molecule has 1 heterocycles. The summed E-state index contributed by atoms with van der Waals surface area (Å²) in [5.41, 5.74) is 5.45. The van der Waals surface area contributed by atoms with E-state index >= 15 is 0 Å². The van der Waals surface area contributed by atoms with Gasteiger partial charge in [-0.1, -0.05) is 0 Å². The highest BCUT2D eigenvalue weighted by Crippen LogP contribution is 2.14. The lowest BCUT2D eigenvalue weighted by molar-refractivity contribution is -0.122. The molecule has 0 aromatic carbocycles. The van der Waals surface area contributed by atoms with Gasteiger partial charge in [0.1, 0.15) is 0 Å². The Kier molecular flexibility index (Phi) is 4.35. The minimum atomic E-state index is -0.388. The smallest absolute Gasteiger partial charge is 0.236 e. The molecule has 0 aromatic heterocycles. The van der Waals surface area contributed by atoms with Crippen LogP contribution in [0.25, 0.3) is 0 Å². The highest BCUT2D eigenvalue weighted by molar-refractivity contribution is 5.80. The number of nitrogens with zero attached hydrogens (tertiary/aromatic N) is 1. The van der Waals surface area contributed by atoms with Gasteiger partial charge in [-0.25, -0.2) is 0 Å². The molecule has 3 N–H and O–H groups in total. The molecule has 0 bridgehead atoms. The van der Waals surface area contributed by atoms with E-state index in [1.165, 1.54) is 12.8 Å². The molecular formula is C10H21N3O. The number of carbonyl (C=O) groups is 1. The molecule has 4 heteroatoms. The maximum absolute atomic E-state index is 11.2. The van der Waals surface area contributed by atoms with Crippen molar-refractivity contribution in [3.63, 3.8) is 0 Å². The second kappa shape index (κ2) is 5.32. The largest absolute Gasteiger partial charge is 0.354 e. The second-order valence-electron chi connectivity index (χ2n) is 4.28. The van der Waals surface area contributed by atoms with Crippen molar-refractivity contribution in [3.05, 3.63) is 0 Å². The lowest BCUT2D eigenvalue weighted by Gasteiger charge is -2.29. The molecule has 1 fully saturated rings. The van der Waals surface area contributed by atoms with E-state index in [0.29, 0.717) is 5.92 Å². The van der Waals surface area contributed by atoms with Gasteiger partial charge in [0, 0.05) is 6.54 Å². The summed E-state index contributed by atoms with van der Waals surface area (Å²) in [6.45, 7) is 4.77. The van der Waals surface area contributed by atoms with Crippen molar-refractivity contribution in [3.8, 4) is 0 Å². The van der Waals surface area contributed by atoms with Crippen LogP contribution in [0.15, 0.2) is 0 Å². The number of carbonyl (C=O) groups excluding carboxylic acids is 1. The van der Waals surface area contributed by atoms with E-state index in [4.69, 9.17) is 5.73 Å². The molecular weight excluding hydrogens is 178 g/mol. The minimum absolute atomic E-state index is 0.0380. The average Bonchev–Trinajstić information content (AvgIpc) is 2.16. The minimum Gasteiger partial charge on any atom is -0.354 e. The normalized spacial score (nSPS) is 21.9. The van der Waals surface area contributed by atoms with Gasteiger partial charge in [0.05, 0.1) is 6.04 Å². The molecule has 1 unspecified atom stereocenters. The average molecular weight is 199 g/mol. The first-order valence-corrected chi connectivity index (χ1v) is 5.31. The number of nitrogens with two attached hydrogens (primary N) is 1. The van der Waals surface area contributed by atoms with Crippen LogP contribution in [-0.4, -0.2) is 43.5 Å². The summed E-state index contributed by atoms with van der Waals surface area (Å²) in [6, 6.07) is -0.388. The van der Waals surface area contributed by atoms with Gasteiger partial charge in [-0.05, 0) is 45.8 Å². The zero-order valence-corrected chi connectivity index (χ0v) is 9.12. The fraction of sp³-hybridized carbons (Fsp3) is 0.900. The SMILES string of the molecule is CC(N)C(=O)NCC1CCN(C)CC1. The predicted octanol–water partition coefficient (Wildman–Crippen LogP) is -0.208. The third-order valence-electron chi connectivity index (χ3n) is 2.82. The van der Waals surface area contributed by atoms with Crippen LogP contribution in [0.4, 0.5) is 0 Å². The monoisotopic (exact) mass is 199 g/mol. The Bertz CT molecular complexity index is 186. The van der Waals surface area contributed by atoms with E-state index in [9.17, 15) is 4.79 Å². The Morgan fingerprint density at radius 3 is 2.64 bits per heavy atom. The van der Waals surface area contributed by atoms with Crippen molar-refractivity contribution in [2.75, 3.05) is 26.7 Å². The number of amides is 1. The van der Waals surface area contributed by atoms with Crippen LogP contribution in [0.5, 0.6) is 0 Å². The van der Waals surface area contributed by atoms with Crippen LogP contribution < -0.4 is 11.1 Å². The molecule has 0 radical (unpaired) electrons. The Labute approximate surface area is 85.8 Å². The van der Waals surface area contributed by atoms with Crippen LogP contribution in [0.1, 0.15) is 19.8 Å². The third kappa shape index (κ3) is 3.64. The standard InChI is InChI=1S/C10H21N3O/c1-8(11)10(14)12-7-9-3-5-13(2)6-4-9/h8-9H,3-7,11H2,1-2H3,(H,12,14). The molecule has 1 rings (SSSR count). The van der Waals surface area contributed by atoms with Crippen molar-refractivity contribution in [1.29, 1.82) is 0 Å². The molecule has 0 aromatic rings. The number of hydrogen-bond donors (Lipinski definition) is 2. The summed E-state index contributed by atoms with van der Waals surface area (Å²) in [5, 5.41) is 2.88. The fourth-order valence-electron chi connectivity index (χ4n) is 1.67. The fourth-order valence-corrected chi connectivity index (χ4v) is 1.67. The van der Waals surface area contributed by atoms with E-state index < -0.39 is 0 Å². The first-order chi connectivity index (χ1) is 6.59. The van der Waals surface area contributed by atoms with E-state index in [0.717, 1.165) is 19.6 Å². The van der Waals surface area contributed by atoms with Crippen LogP contribution >= 0.6 is 0 Å². The summed E-state index contributed by atoms with van der Waals surface area (Å²) in [5.74, 6) is 0.595. The molecule has 4 nitrogen and oxygen atoms in total. The molecule has 82 valence electrons. The van der Waals surface area contributed by atoms with Crippen molar-refractivity contribution in [2.24, 2.45) is 11.7 Å². The van der Waals surface area contributed by atoms with Crippen molar-refractivity contribution in [2.45, 2.75) is 25.8 Å². The maximum atomic E-state index is 11.2. The van der Waals surface area contributed by atoms with E-state index in [1.807, 2.05) is 0 Å². The molecule has 1 amide bonds. The van der Waals surface area contributed by atoms with Crippen LogP contribution in [-0.2, 0) is 4.79 Å². The number of nitrogens with one attached hydrogen (secondary N) is 1. The molecule has 1 atom stereocenters. The number of rotatable bonds is 3. The predicted molar refractivity (Wildman–Crippen MR) is 56.9 cm³/mol. The van der Waals surface area contributed by atoms with Gasteiger partial charge < -0.3 is 16.0 Å². The van der Waals surface area contributed by atoms with E-state index in [1.54, 1.807) is 6.92 Å². The first kappa shape index (κ1) is 11.5. The second-order valence-corrected chi connectivity index (χ2v) is 4.28. The molecule has 1 aliphatic rings. The van der Waals surface area contributed by atoms with E-state index in [2.05, 4.69) is 17.3 Å². The van der Waals surface area contributed by atoms with E-state index in [-0.39, 0.29) is 11.9 Å². The Morgan fingerprint density at radius 2 is 2.14 bits per heavy atom. The Morgan fingerprint density at radius 1 is 1.57 bits per heavy atom. The molecule has 1 aliphatic heterocycles. The van der Waals surface area contributed by atoms with Gasteiger partial charge in [0.15, 0.2) is 0 Å². The van der Waals surface area contributed by atoms with Gasteiger partial charge in [0.25, 0.3) is 0 Å². The lowest BCUT2D eigenvalue weighted by Crippen LogP contribution is -2.42.